The van der Waals surface area contributed by atoms with E-state index in [1.807, 2.05) is 0 Å². The standard InChI is InChI=1S/C11H12FIN2O6/c1-2-14-9(19)5(13)8(12)15(11(14)20)10-7(18)6(17)4(3-16)21-10/h2,4,6-7,10,16-18H,1,3H2/t4-,6-,7+,10-/m1/s1. The van der Waals surface area contributed by atoms with Gasteiger partial charge in [0.15, 0.2) is 6.23 Å². The highest BCUT2D eigenvalue weighted by atomic mass is 127. The largest absolute Gasteiger partial charge is 0.394 e. The van der Waals surface area contributed by atoms with Crippen molar-refractivity contribution in [3.05, 3.63) is 36.9 Å². The molecule has 0 bridgehead atoms. The first-order valence-electron chi connectivity index (χ1n) is 5.82. The van der Waals surface area contributed by atoms with Gasteiger partial charge in [-0.1, -0.05) is 6.58 Å². The fourth-order valence-corrected chi connectivity index (χ4v) is 2.58. The van der Waals surface area contributed by atoms with Gasteiger partial charge < -0.3 is 20.1 Å². The topological polar surface area (TPSA) is 114 Å². The molecule has 1 aromatic heterocycles. The monoisotopic (exact) mass is 414 g/mol. The molecule has 0 unspecified atom stereocenters. The van der Waals surface area contributed by atoms with Gasteiger partial charge in [0.05, 0.1) is 6.61 Å². The van der Waals surface area contributed by atoms with Crippen LogP contribution in [0.2, 0.25) is 0 Å². The zero-order chi connectivity index (χ0) is 15.9. The van der Waals surface area contributed by atoms with Crippen LogP contribution in [-0.4, -0.2) is 49.4 Å². The molecule has 1 aliphatic heterocycles. The Morgan fingerprint density at radius 2 is 2.00 bits per heavy atom. The molecule has 1 aliphatic rings. The quantitative estimate of drug-likeness (QED) is 0.409. The Morgan fingerprint density at radius 1 is 1.38 bits per heavy atom. The second-order valence-corrected chi connectivity index (χ2v) is 5.42. The first kappa shape index (κ1) is 16.3. The first-order chi connectivity index (χ1) is 9.84. The Bertz CT molecular complexity index is 687. The second-order valence-electron chi connectivity index (χ2n) is 4.34. The van der Waals surface area contributed by atoms with E-state index in [4.69, 9.17) is 9.84 Å². The molecule has 0 aromatic carbocycles. The van der Waals surface area contributed by atoms with E-state index in [1.54, 1.807) is 0 Å². The van der Waals surface area contributed by atoms with Gasteiger partial charge in [0, 0.05) is 6.20 Å². The van der Waals surface area contributed by atoms with E-state index in [1.165, 1.54) is 22.6 Å². The number of aliphatic hydroxyl groups excluding tert-OH is 3. The van der Waals surface area contributed by atoms with Crippen molar-refractivity contribution in [3.63, 3.8) is 0 Å². The van der Waals surface area contributed by atoms with Crippen LogP contribution in [0.25, 0.3) is 6.20 Å². The Balaban J connectivity index is 2.66. The maximum absolute atomic E-state index is 14.2. The van der Waals surface area contributed by atoms with Gasteiger partial charge in [-0.25, -0.2) is 13.9 Å². The maximum atomic E-state index is 14.2. The lowest BCUT2D eigenvalue weighted by atomic mass is 10.1. The van der Waals surface area contributed by atoms with Crippen molar-refractivity contribution in [2.45, 2.75) is 24.5 Å². The molecule has 8 nitrogen and oxygen atoms in total. The molecule has 10 heteroatoms. The molecule has 0 radical (unpaired) electrons. The summed E-state index contributed by atoms with van der Waals surface area (Å²) in [6.07, 6.45) is -4.96. The van der Waals surface area contributed by atoms with Crippen molar-refractivity contribution >= 4 is 28.8 Å². The van der Waals surface area contributed by atoms with E-state index < -0.39 is 51.9 Å². The van der Waals surface area contributed by atoms with Gasteiger partial charge in [0.25, 0.3) is 5.56 Å². The van der Waals surface area contributed by atoms with Crippen LogP contribution in [0, 0.1) is 9.52 Å². The predicted molar refractivity (Wildman–Crippen MR) is 77.0 cm³/mol. The van der Waals surface area contributed by atoms with Crippen LogP contribution in [0.5, 0.6) is 0 Å². The normalized spacial score (nSPS) is 28.8. The van der Waals surface area contributed by atoms with Crippen molar-refractivity contribution in [3.8, 4) is 0 Å². The molecule has 2 rings (SSSR count). The van der Waals surface area contributed by atoms with E-state index >= 15 is 0 Å². The van der Waals surface area contributed by atoms with Gasteiger partial charge >= 0.3 is 5.69 Å². The summed E-state index contributed by atoms with van der Waals surface area (Å²) in [6, 6.07) is 0. The summed E-state index contributed by atoms with van der Waals surface area (Å²) in [4.78, 5) is 23.8. The number of hydrogen-bond acceptors (Lipinski definition) is 6. The van der Waals surface area contributed by atoms with Gasteiger partial charge in [-0.3, -0.25) is 4.79 Å². The first-order valence-corrected chi connectivity index (χ1v) is 6.90. The van der Waals surface area contributed by atoms with Crippen LogP contribution in [0.3, 0.4) is 0 Å². The third kappa shape index (κ3) is 2.46. The van der Waals surface area contributed by atoms with Gasteiger partial charge in [0.2, 0.25) is 5.95 Å². The average molecular weight is 414 g/mol. The minimum absolute atomic E-state index is 0.398. The number of hydrogen-bond donors (Lipinski definition) is 3. The van der Waals surface area contributed by atoms with Crippen LogP contribution in [-0.2, 0) is 4.74 Å². The molecule has 116 valence electrons. The molecule has 21 heavy (non-hydrogen) atoms. The minimum Gasteiger partial charge on any atom is -0.394 e. The molecule has 0 amide bonds. The lowest BCUT2D eigenvalue weighted by Gasteiger charge is -2.19. The lowest BCUT2D eigenvalue weighted by Crippen LogP contribution is -2.45. The molecule has 3 N–H and O–H groups in total. The Labute approximate surface area is 130 Å². The third-order valence-electron chi connectivity index (χ3n) is 3.17. The highest BCUT2D eigenvalue weighted by Gasteiger charge is 2.45. The summed E-state index contributed by atoms with van der Waals surface area (Å²) >= 11 is 1.41. The molecule has 1 fully saturated rings. The Morgan fingerprint density at radius 3 is 2.48 bits per heavy atom. The lowest BCUT2D eigenvalue weighted by molar-refractivity contribution is -0.0605. The number of aromatic nitrogens is 2. The number of aliphatic hydroxyl groups is 3. The summed E-state index contributed by atoms with van der Waals surface area (Å²) in [5.74, 6) is -1.20. The maximum Gasteiger partial charge on any atom is 0.339 e. The zero-order valence-corrected chi connectivity index (χ0v) is 12.7. The molecular weight excluding hydrogens is 402 g/mol. The number of halogens is 2. The molecule has 0 aliphatic carbocycles. The fraction of sp³-hybridized carbons (Fsp3) is 0.455. The van der Waals surface area contributed by atoms with Gasteiger partial charge in [0.1, 0.15) is 21.9 Å². The third-order valence-corrected chi connectivity index (χ3v) is 4.07. The van der Waals surface area contributed by atoms with Crippen LogP contribution in [0.15, 0.2) is 16.2 Å². The number of ether oxygens (including phenoxy) is 1. The van der Waals surface area contributed by atoms with Gasteiger partial charge in [-0.05, 0) is 22.6 Å². The van der Waals surface area contributed by atoms with Crippen molar-refractivity contribution in [1.82, 2.24) is 9.13 Å². The van der Waals surface area contributed by atoms with Crippen molar-refractivity contribution in [2.75, 3.05) is 6.61 Å². The second kappa shape index (κ2) is 5.96. The van der Waals surface area contributed by atoms with E-state index in [9.17, 15) is 24.2 Å². The zero-order valence-electron chi connectivity index (χ0n) is 10.5. The molecule has 1 saturated heterocycles. The van der Waals surface area contributed by atoms with Crippen LogP contribution < -0.4 is 11.2 Å². The molecule has 1 aromatic rings. The SMILES string of the molecule is C=Cn1c(=O)c(I)c(F)n([C@@H]2O[C@H](CO)[C@@H](O)[C@@H]2O)c1=O. The van der Waals surface area contributed by atoms with E-state index in [2.05, 4.69) is 6.58 Å². The highest BCUT2D eigenvalue weighted by Crippen LogP contribution is 2.29. The highest BCUT2D eigenvalue weighted by molar-refractivity contribution is 14.1. The van der Waals surface area contributed by atoms with Crippen LogP contribution >= 0.6 is 22.6 Å². The van der Waals surface area contributed by atoms with Crippen LogP contribution in [0.4, 0.5) is 4.39 Å². The van der Waals surface area contributed by atoms with E-state index in [0.717, 1.165) is 6.20 Å². The summed E-state index contributed by atoms with van der Waals surface area (Å²) < 4.78 is 19.9. The fourth-order valence-electron chi connectivity index (χ4n) is 2.06. The summed E-state index contributed by atoms with van der Waals surface area (Å²) in [5.41, 5.74) is -2.00. The predicted octanol–water partition coefficient (Wildman–Crippen LogP) is -1.53. The minimum atomic E-state index is -1.64. The molecular formula is C11H12FIN2O6. The average Bonchev–Trinajstić information content (AvgIpc) is 2.74. The van der Waals surface area contributed by atoms with Gasteiger partial charge in [-0.15, -0.1) is 0 Å². The number of rotatable bonds is 3. The van der Waals surface area contributed by atoms with Crippen molar-refractivity contribution in [2.24, 2.45) is 0 Å². The smallest absolute Gasteiger partial charge is 0.339 e. The number of nitrogens with zero attached hydrogens (tertiary/aromatic N) is 2. The summed E-state index contributed by atoms with van der Waals surface area (Å²) in [5, 5.41) is 28.5. The van der Waals surface area contributed by atoms with Crippen LogP contribution in [0.1, 0.15) is 6.23 Å². The molecule has 0 saturated carbocycles. The van der Waals surface area contributed by atoms with E-state index in [0.29, 0.717) is 9.13 Å². The Kier molecular flexibility index (Phi) is 4.63. The summed E-state index contributed by atoms with van der Waals surface area (Å²) in [7, 11) is 0. The Hall–Kier alpha value is -1.08. The molecule has 4 atom stereocenters. The van der Waals surface area contributed by atoms with Crippen molar-refractivity contribution in [1.29, 1.82) is 0 Å². The summed E-state index contributed by atoms with van der Waals surface area (Å²) in [6.45, 7) is 2.67. The van der Waals surface area contributed by atoms with Crippen molar-refractivity contribution < 1.29 is 24.4 Å². The van der Waals surface area contributed by atoms with E-state index in [-0.39, 0.29) is 0 Å². The molecule has 0 spiro atoms. The molecule has 2 heterocycles. The van der Waals surface area contributed by atoms with Gasteiger partial charge in [-0.2, -0.15) is 4.39 Å².